The van der Waals surface area contributed by atoms with E-state index >= 15 is 0 Å². The molecule has 0 radical (unpaired) electrons. The van der Waals surface area contributed by atoms with E-state index in [1.54, 1.807) is 0 Å². The van der Waals surface area contributed by atoms with Crippen LogP contribution in [0.4, 0.5) is 5.69 Å². The third-order valence-corrected chi connectivity index (χ3v) is 2.12. The van der Waals surface area contributed by atoms with Gasteiger partial charge < -0.3 is 10.1 Å². The van der Waals surface area contributed by atoms with Gasteiger partial charge in [0, 0.05) is 20.2 Å². The van der Waals surface area contributed by atoms with E-state index in [1.165, 1.54) is 0 Å². The zero-order chi connectivity index (χ0) is 8.39. The quantitative estimate of drug-likeness (QED) is 0.673. The molecule has 0 atom stereocenters. The number of nitrogens with zero attached hydrogens (tertiary/aromatic N) is 2. The van der Waals surface area contributed by atoms with Gasteiger partial charge in [0.25, 0.3) is 0 Å². The van der Waals surface area contributed by atoms with Gasteiger partial charge in [-0.15, -0.1) is 0 Å². The number of hydrogen-bond acceptors (Lipinski definition) is 3. The number of ether oxygens (including phenoxy) is 1. The highest BCUT2D eigenvalue weighted by Gasteiger charge is 2.12. The van der Waals surface area contributed by atoms with E-state index in [0.717, 1.165) is 31.0 Å². The van der Waals surface area contributed by atoms with Crippen LogP contribution in [-0.2, 0) is 17.9 Å². The fourth-order valence-corrected chi connectivity index (χ4v) is 1.45. The zero-order valence-electron chi connectivity index (χ0n) is 7.21. The summed E-state index contributed by atoms with van der Waals surface area (Å²) in [5.74, 6) is 0. The second-order valence-electron chi connectivity index (χ2n) is 2.88. The molecule has 1 aromatic rings. The fraction of sp³-hybridized carbons (Fsp3) is 0.625. The van der Waals surface area contributed by atoms with Crippen LogP contribution < -0.4 is 5.32 Å². The van der Waals surface area contributed by atoms with Crippen LogP contribution in [0.5, 0.6) is 0 Å². The number of anilines is 1. The molecule has 0 unspecified atom stereocenters. The van der Waals surface area contributed by atoms with Gasteiger partial charge in [-0.3, -0.25) is 4.68 Å². The Kier molecular flexibility index (Phi) is 1.99. The van der Waals surface area contributed by atoms with Gasteiger partial charge in [0.1, 0.15) is 0 Å². The van der Waals surface area contributed by atoms with Gasteiger partial charge in [0.15, 0.2) is 0 Å². The number of nitrogens with one attached hydrogen (secondary N) is 1. The highest BCUT2D eigenvalue weighted by Crippen LogP contribution is 2.17. The zero-order valence-corrected chi connectivity index (χ0v) is 7.21. The van der Waals surface area contributed by atoms with Gasteiger partial charge in [-0.25, -0.2) is 0 Å². The minimum absolute atomic E-state index is 0.677. The lowest BCUT2D eigenvalue weighted by Gasteiger charge is -2.03. The SMILES string of the molecule is CNc1cnn2c1COCCC2. The number of aryl methyl sites for hydroxylation is 1. The molecule has 4 nitrogen and oxygen atoms in total. The molecule has 0 saturated heterocycles. The summed E-state index contributed by atoms with van der Waals surface area (Å²) in [5, 5.41) is 7.36. The molecule has 0 amide bonds. The minimum Gasteiger partial charge on any atom is -0.385 e. The van der Waals surface area contributed by atoms with Crippen molar-refractivity contribution < 1.29 is 4.74 Å². The normalized spacial score (nSPS) is 16.8. The van der Waals surface area contributed by atoms with Crippen molar-refractivity contribution in [2.45, 2.75) is 19.6 Å². The number of hydrogen-bond donors (Lipinski definition) is 1. The van der Waals surface area contributed by atoms with Crippen LogP contribution in [0.1, 0.15) is 12.1 Å². The molecule has 0 saturated carbocycles. The Hall–Kier alpha value is -1.03. The maximum Gasteiger partial charge on any atom is 0.0905 e. The Morgan fingerprint density at radius 3 is 3.42 bits per heavy atom. The molecule has 1 N–H and O–H groups in total. The third kappa shape index (κ3) is 1.18. The molecule has 0 spiro atoms. The molecule has 0 bridgehead atoms. The minimum atomic E-state index is 0.677. The molecular formula is C8H13N3O. The van der Waals surface area contributed by atoms with Crippen LogP contribution >= 0.6 is 0 Å². The van der Waals surface area contributed by atoms with Crippen molar-refractivity contribution in [3.05, 3.63) is 11.9 Å². The predicted octanol–water partition coefficient (Wildman–Crippen LogP) is 0.845. The first-order valence-corrected chi connectivity index (χ1v) is 4.22. The summed E-state index contributed by atoms with van der Waals surface area (Å²) in [6.07, 6.45) is 2.90. The molecule has 1 aliphatic rings. The topological polar surface area (TPSA) is 39.1 Å². The number of rotatable bonds is 1. The molecule has 1 aromatic heterocycles. The Morgan fingerprint density at radius 1 is 1.67 bits per heavy atom. The third-order valence-electron chi connectivity index (χ3n) is 2.12. The van der Waals surface area contributed by atoms with Crippen LogP contribution in [0.25, 0.3) is 0 Å². The highest BCUT2D eigenvalue weighted by molar-refractivity contribution is 5.45. The van der Waals surface area contributed by atoms with Gasteiger partial charge in [-0.1, -0.05) is 0 Å². The van der Waals surface area contributed by atoms with Gasteiger partial charge in [-0.05, 0) is 6.42 Å². The lowest BCUT2D eigenvalue weighted by Crippen LogP contribution is -2.03. The second kappa shape index (κ2) is 3.15. The van der Waals surface area contributed by atoms with E-state index in [9.17, 15) is 0 Å². The van der Waals surface area contributed by atoms with E-state index in [1.807, 2.05) is 17.9 Å². The summed E-state index contributed by atoms with van der Waals surface area (Å²) < 4.78 is 7.43. The summed E-state index contributed by atoms with van der Waals surface area (Å²) in [4.78, 5) is 0. The van der Waals surface area contributed by atoms with Crippen molar-refractivity contribution in [2.24, 2.45) is 0 Å². The lowest BCUT2D eigenvalue weighted by atomic mass is 10.4. The summed E-state index contributed by atoms with van der Waals surface area (Å²) >= 11 is 0. The summed E-state index contributed by atoms with van der Waals surface area (Å²) in [6.45, 7) is 2.49. The summed E-state index contributed by atoms with van der Waals surface area (Å²) in [5.41, 5.74) is 2.24. The van der Waals surface area contributed by atoms with Crippen molar-refractivity contribution in [2.75, 3.05) is 19.0 Å². The first kappa shape index (κ1) is 7.61. The van der Waals surface area contributed by atoms with E-state index in [2.05, 4.69) is 10.4 Å². The van der Waals surface area contributed by atoms with E-state index in [0.29, 0.717) is 6.61 Å². The average molecular weight is 167 g/mol. The summed E-state index contributed by atoms with van der Waals surface area (Å²) in [7, 11) is 1.91. The molecular weight excluding hydrogens is 154 g/mol. The first-order valence-electron chi connectivity index (χ1n) is 4.22. The van der Waals surface area contributed by atoms with E-state index in [4.69, 9.17) is 4.74 Å². The van der Waals surface area contributed by atoms with Crippen molar-refractivity contribution in [3.63, 3.8) is 0 Å². The van der Waals surface area contributed by atoms with Crippen LogP contribution in [0, 0.1) is 0 Å². The maximum absolute atomic E-state index is 5.42. The molecule has 4 heteroatoms. The van der Waals surface area contributed by atoms with Gasteiger partial charge in [-0.2, -0.15) is 5.10 Å². The average Bonchev–Trinajstić information content (AvgIpc) is 2.33. The standard InChI is InChI=1S/C8H13N3O/c1-9-7-5-10-11-3-2-4-12-6-8(7)11/h5,9H,2-4,6H2,1H3. The fourth-order valence-electron chi connectivity index (χ4n) is 1.45. The first-order chi connectivity index (χ1) is 5.92. The molecule has 1 aliphatic heterocycles. The lowest BCUT2D eigenvalue weighted by molar-refractivity contribution is 0.125. The Bertz CT molecular complexity index is 269. The van der Waals surface area contributed by atoms with Crippen molar-refractivity contribution in [1.29, 1.82) is 0 Å². The monoisotopic (exact) mass is 167 g/mol. The van der Waals surface area contributed by atoms with Crippen molar-refractivity contribution in [1.82, 2.24) is 9.78 Å². The Balaban J connectivity index is 2.32. The second-order valence-corrected chi connectivity index (χ2v) is 2.88. The van der Waals surface area contributed by atoms with Crippen LogP contribution in [-0.4, -0.2) is 23.4 Å². The van der Waals surface area contributed by atoms with Crippen LogP contribution in [0.3, 0.4) is 0 Å². The number of fused-ring (bicyclic) bond motifs is 1. The Labute approximate surface area is 71.5 Å². The van der Waals surface area contributed by atoms with Gasteiger partial charge in [0.2, 0.25) is 0 Å². The smallest absolute Gasteiger partial charge is 0.0905 e. The van der Waals surface area contributed by atoms with E-state index < -0.39 is 0 Å². The predicted molar refractivity (Wildman–Crippen MR) is 46.0 cm³/mol. The largest absolute Gasteiger partial charge is 0.385 e. The number of aromatic nitrogens is 2. The molecule has 0 fully saturated rings. The van der Waals surface area contributed by atoms with Crippen molar-refractivity contribution >= 4 is 5.69 Å². The molecule has 66 valence electrons. The maximum atomic E-state index is 5.42. The Morgan fingerprint density at radius 2 is 2.58 bits per heavy atom. The van der Waals surface area contributed by atoms with Crippen LogP contribution in [0.2, 0.25) is 0 Å². The highest BCUT2D eigenvalue weighted by atomic mass is 16.5. The summed E-state index contributed by atoms with van der Waals surface area (Å²) in [6, 6.07) is 0. The molecule has 12 heavy (non-hydrogen) atoms. The van der Waals surface area contributed by atoms with Crippen LogP contribution in [0.15, 0.2) is 6.20 Å². The molecule has 2 heterocycles. The van der Waals surface area contributed by atoms with Crippen molar-refractivity contribution in [3.8, 4) is 0 Å². The van der Waals surface area contributed by atoms with E-state index in [-0.39, 0.29) is 0 Å². The molecule has 2 rings (SSSR count). The molecule has 0 aromatic carbocycles. The van der Waals surface area contributed by atoms with Gasteiger partial charge in [0.05, 0.1) is 24.2 Å². The van der Waals surface area contributed by atoms with Gasteiger partial charge >= 0.3 is 0 Å². The molecule has 0 aliphatic carbocycles.